The molecule has 4 heterocycles. The Hall–Kier alpha value is -6.23. The highest BCUT2D eigenvalue weighted by atomic mass is 32.2. The number of ether oxygens (including phenoxy) is 3. The number of phenolic OH excluding ortho intramolecular Hbond substituents is 1. The lowest BCUT2D eigenvalue weighted by molar-refractivity contribution is -0.262. The van der Waals surface area contributed by atoms with Crippen LogP contribution in [-0.2, 0) is 38.2 Å². The molecule has 4 aliphatic rings. The number of fused-ring (bicyclic) bond motifs is 2. The summed E-state index contributed by atoms with van der Waals surface area (Å²) < 4.78 is 17.6. The molecule has 0 bridgehead atoms. The van der Waals surface area contributed by atoms with Crippen LogP contribution in [0.4, 0.5) is 4.79 Å². The Kier molecular flexibility index (Phi) is 15.7. The van der Waals surface area contributed by atoms with Crippen LogP contribution in [0.25, 0.3) is 6.08 Å². The summed E-state index contributed by atoms with van der Waals surface area (Å²) in [7, 11) is 0. The van der Waals surface area contributed by atoms with Crippen LogP contribution in [0, 0.1) is 0 Å². The number of aliphatic hydroxyl groups excluding tert-OH is 2. The van der Waals surface area contributed by atoms with E-state index >= 15 is 0 Å². The molecule has 8 atom stereocenters. The third kappa shape index (κ3) is 12.5. The number of carbonyl (C=O) groups is 8. The smallest absolute Gasteiger partial charge is 0.374 e. The summed E-state index contributed by atoms with van der Waals surface area (Å²) in [5, 5.41) is 48.4. The highest BCUT2D eigenvalue weighted by Crippen LogP contribution is 2.35. The van der Waals surface area contributed by atoms with Gasteiger partial charge in [0.2, 0.25) is 35.7 Å². The maximum atomic E-state index is 13.6. The largest absolute Gasteiger partial charge is 0.508 e. The monoisotopic (exact) mass is 923 g/mol. The molecule has 65 heavy (non-hydrogen) atoms. The molecule has 0 spiro atoms. The third-order valence-corrected chi connectivity index (χ3v) is 12.3. The van der Waals surface area contributed by atoms with E-state index in [0.717, 1.165) is 18.6 Å². The molecule has 9 N–H and O–H groups in total. The maximum absolute atomic E-state index is 13.6. The summed E-state index contributed by atoms with van der Waals surface area (Å²) in [6.45, 7) is 2.85. The van der Waals surface area contributed by atoms with Crippen molar-refractivity contribution in [2.75, 3.05) is 31.9 Å². The van der Waals surface area contributed by atoms with Gasteiger partial charge >= 0.3 is 12.0 Å². The van der Waals surface area contributed by atoms with Crippen LogP contribution < -0.4 is 31.9 Å². The van der Waals surface area contributed by atoms with E-state index in [9.17, 15) is 53.7 Å². The zero-order valence-electron chi connectivity index (χ0n) is 35.9. The topological polar surface area (TPSA) is 300 Å². The van der Waals surface area contributed by atoms with E-state index in [4.69, 9.17) is 14.2 Å². The van der Waals surface area contributed by atoms with Gasteiger partial charge in [-0.2, -0.15) is 11.8 Å². The number of phenols is 1. The highest BCUT2D eigenvalue weighted by molar-refractivity contribution is 8.00. The van der Waals surface area contributed by atoms with E-state index in [0.29, 0.717) is 16.9 Å². The minimum Gasteiger partial charge on any atom is -0.508 e. The number of hydrogen-bond acceptors (Lipinski definition) is 15. The van der Waals surface area contributed by atoms with Gasteiger partial charge in [-0.15, -0.1) is 0 Å². The Bertz CT molecular complexity index is 2150. The van der Waals surface area contributed by atoms with E-state index in [1.54, 1.807) is 32.5 Å². The van der Waals surface area contributed by atoms with Crippen LogP contribution in [0.1, 0.15) is 72.7 Å². The first-order valence-corrected chi connectivity index (χ1v) is 22.1. The van der Waals surface area contributed by atoms with Crippen molar-refractivity contribution in [3.05, 3.63) is 71.0 Å². The molecule has 0 saturated carbocycles. The van der Waals surface area contributed by atoms with Gasteiger partial charge in [0.05, 0.1) is 42.8 Å². The van der Waals surface area contributed by atoms with E-state index in [-0.39, 0.29) is 59.1 Å². The predicted octanol–water partition coefficient (Wildman–Crippen LogP) is -0.606. The third-order valence-electron chi connectivity index (χ3n) is 10.7. The molecule has 3 unspecified atom stereocenters. The first-order chi connectivity index (χ1) is 30.9. The number of unbranched alkanes of at least 4 members (excludes halogenated alkanes) is 1. The van der Waals surface area contributed by atoms with Crippen molar-refractivity contribution in [1.29, 1.82) is 0 Å². The summed E-state index contributed by atoms with van der Waals surface area (Å²) in [6.07, 6.45) is -3.46. The molecular formula is C43H53N7O14S. The second kappa shape index (κ2) is 21.2. The minimum absolute atomic E-state index is 0.0166. The van der Waals surface area contributed by atoms with E-state index in [1.165, 1.54) is 54.6 Å². The van der Waals surface area contributed by atoms with Crippen molar-refractivity contribution in [3.63, 3.8) is 0 Å². The van der Waals surface area contributed by atoms with Crippen molar-refractivity contribution < 1.29 is 67.9 Å². The van der Waals surface area contributed by atoms with Gasteiger partial charge in [0.25, 0.3) is 11.8 Å². The zero-order valence-corrected chi connectivity index (χ0v) is 36.7. The second-order valence-corrected chi connectivity index (χ2v) is 18.0. The number of esters is 1. The number of aromatic hydroxyl groups is 1. The predicted molar refractivity (Wildman–Crippen MR) is 230 cm³/mol. The van der Waals surface area contributed by atoms with Crippen LogP contribution in [0.3, 0.4) is 0 Å². The molecule has 21 nitrogen and oxygen atoms in total. The number of urea groups is 1. The molecule has 3 saturated heterocycles. The lowest BCUT2D eigenvalue weighted by Crippen LogP contribution is -2.66. The molecule has 22 heteroatoms. The van der Waals surface area contributed by atoms with Crippen LogP contribution in [-0.4, -0.2) is 153 Å². The molecule has 350 valence electrons. The van der Waals surface area contributed by atoms with Gasteiger partial charge in [0.15, 0.2) is 0 Å². The van der Waals surface area contributed by atoms with Gasteiger partial charge in [-0.05, 0) is 69.5 Å². The lowest BCUT2D eigenvalue weighted by Gasteiger charge is -2.45. The summed E-state index contributed by atoms with van der Waals surface area (Å²) >= 11 is 1.79. The van der Waals surface area contributed by atoms with Crippen molar-refractivity contribution in [2.24, 2.45) is 0 Å². The zero-order chi connectivity index (χ0) is 47.0. The minimum atomic E-state index is -1.95. The summed E-state index contributed by atoms with van der Waals surface area (Å²) in [5.41, 5.74) is -0.642. The van der Waals surface area contributed by atoms with Gasteiger partial charge in [-0.25, -0.2) is 9.59 Å². The number of imide groups is 1. The Morgan fingerprint density at radius 2 is 1.43 bits per heavy atom. The first-order valence-electron chi connectivity index (χ1n) is 21.0. The number of carbonyl (C=O) groups excluding carboxylic acids is 8. The number of aliphatic hydroxyl groups is 2. The molecule has 0 aromatic heterocycles. The highest BCUT2D eigenvalue weighted by Gasteiger charge is 2.54. The molecule has 3 fully saturated rings. The van der Waals surface area contributed by atoms with Gasteiger partial charge < -0.3 is 61.4 Å². The average molecular weight is 924 g/mol. The normalized spacial score (nSPS) is 24.8. The van der Waals surface area contributed by atoms with E-state index in [1.807, 2.05) is 0 Å². The molecule has 2 aromatic rings. The Morgan fingerprint density at radius 1 is 0.831 bits per heavy atom. The number of amides is 8. The Morgan fingerprint density at radius 3 is 2.05 bits per heavy atom. The molecule has 2 aromatic carbocycles. The average Bonchev–Trinajstić information content (AvgIpc) is 3.90. The number of nitrogens with one attached hydrogen (secondary N) is 6. The maximum Gasteiger partial charge on any atom is 0.374 e. The van der Waals surface area contributed by atoms with Gasteiger partial charge in [-0.3, -0.25) is 33.7 Å². The SMILES string of the molecule is CC(C)(C)OC(=O)/C(=C\c1ccc(O)cc1)O[C@@H]1O[C@H](CNC(=O)CNC(=O)CNC(=O)CNC(=O)CCCCC2SCC3NC(=O)NC32)[C@H](O)[C@H](O)[C@H]1N1C(=O)c2ccccc2C1=O. The molecule has 4 aliphatic heterocycles. The molecule has 0 radical (unpaired) electrons. The fraction of sp³-hybridized carbons (Fsp3) is 0.488. The summed E-state index contributed by atoms with van der Waals surface area (Å²) in [4.78, 5) is 103. The Labute approximate surface area is 377 Å². The summed E-state index contributed by atoms with van der Waals surface area (Å²) in [6, 6.07) is 9.83. The van der Waals surface area contributed by atoms with Crippen molar-refractivity contribution >= 4 is 65.3 Å². The second-order valence-electron chi connectivity index (χ2n) is 16.8. The van der Waals surface area contributed by atoms with Gasteiger partial charge in [0, 0.05) is 24.0 Å². The van der Waals surface area contributed by atoms with Crippen molar-refractivity contribution in [3.8, 4) is 5.75 Å². The molecular weight excluding hydrogens is 871 g/mol. The van der Waals surface area contributed by atoms with Gasteiger partial charge in [0.1, 0.15) is 35.7 Å². The van der Waals surface area contributed by atoms with E-state index in [2.05, 4.69) is 31.9 Å². The van der Waals surface area contributed by atoms with E-state index < -0.39 is 97.1 Å². The number of nitrogens with zero attached hydrogens (tertiary/aromatic N) is 1. The number of hydrogen-bond donors (Lipinski definition) is 9. The standard InChI is InChI=1S/C43H53N7O14S/c1-43(2,3)64-40(60)27(16-22-12-14-23(51)15-13-22)62-41-35(50-38(58)24-8-4-5-9-25(24)39(50)59)37(57)36(56)28(63-41)17-44-31(53)19-46-33(55)20-47-32(54)18-45-30(52)11-7-6-10-29-34-26(21-65-29)48-42(61)49-34/h4-5,8-9,12-16,26,28-29,34-37,41,51,56-57H,6-7,10-11,17-21H2,1-3H3,(H,44,53)(H,45,52)(H,46,55)(H,47,54)(H2,48,49,61)/b27-16+/t26?,28-,29?,34?,35-,36+,37-,41-/m1/s1. The van der Waals surface area contributed by atoms with Crippen LogP contribution in [0.2, 0.25) is 0 Å². The molecule has 8 amide bonds. The number of benzene rings is 2. The fourth-order valence-corrected chi connectivity index (χ4v) is 9.10. The molecule has 6 rings (SSSR count). The van der Waals surface area contributed by atoms with Crippen LogP contribution >= 0.6 is 11.8 Å². The summed E-state index contributed by atoms with van der Waals surface area (Å²) in [5.74, 6) is -4.87. The number of thioether (sulfide) groups is 1. The quantitative estimate of drug-likeness (QED) is 0.0225. The van der Waals surface area contributed by atoms with Crippen molar-refractivity contribution in [1.82, 2.24) is 36.8 Å². The molecule has 0 aliphatic carbocycles. The van der Waals surface area contributed by atoms with Crippen LogP contribution in [0.15, 0.2) is 54.3 Å². The first kappa shape index (κ1) is 48.2. The Balaban J connectivity index is 1.00. The fourth-order valence-electron chi connectivity index (χ4n) is 7.55. The number of rotatable bonds is 18. The van der Waals surface area contributed by atoms with Gasteiger partial charge in [-0.1, -0.05) is 30.7 Å². The lowest BCUT2D eigenvalue weighted by atomic mass is 9.95. The van der Waals surface area contributed by atoms with Crippen LogP contribution in [0.5, 0.6) is 5.75 Å². The van der Waals surface area contributed by atoms with Crippen molar-refractivity contribution in [2.45, 2.75) is 100 Å².